The van der Waals surface area contributed by atoms with Crippen LogP contribution in [-0.4, -0.2) is 35.1 Å². The van der Waals surface area contributed by atoms with E-state index in [4.69, 9.17) is 0 Å². The van der Waals surface area contributed by atoms with Crippen molar-refractivity contribution >= 4 is 21.8 Å². The molecule has 1 aromatic rings. The van der Waals surface area contributed by atoms with E-state index in [0.29, 0.717) is 12.1 Å². The number of benzene rings is 1. The second-order valence-corrected chi connectivity index (χ2v) is 5.31. The lowest BCUT2D eigenvalue weighted by Crippen LogP contribution is -2.45. The van der Waals surface area contributed by atoms with E-state index >= 15 is 0 Å². The van der Waals surface area contributed by atoms with Gasteiger partial charge in [-0.1, -0.05) is 0 Å². The van der Waals surface area contributed by atoms with Crippen LogP contribution in [0.15, 0.2) is 22.7 Å². The highest BCUT2D eigenvalue weighted by atomic mass is 79.9. The second-order valence-electron chi connectivity index (χ2n) is 4.46. The molecule has 1 fully saturated rings. The molecule has 3 nitrogen and oxygen atoms in total. The van der Waals surface area contributed by atoms with Crippen LogP contribution >= 0.6 is 15.9 Å². The SMILES string of the molecule is O=C(c1ccc(F)c(Br)c1)N1CCCCC1CO. The van der Waals surface area contributed by atoms with E-state index in [1.54, 1.807) is 4.90 Å². The van der Waals surface area contributed by atoms with Crippen molar-refractivity contribution in [1.82, 2.24) is 4.90 Å². The molecule has 2 rings (SSSR count). The molecule has 1 N–H and O–H groups in total. The molecule has 0 radical (unpaired) electrons. The maximum Gasteiger partial charge on any atom is 0.254 e. The van der Waals surface area contributed by atoms with Crippen LogP contribution in [0.1, 0.15) is 29.6 Å². The summed E-state index contributed by atoms with van der Waals surface area (Å²) in [4.78, 5) is 14.0. The molecule has 1 unspecified atom stereocenters. The first-order chi connectivity index (χ1) is 8.63. The van der Waals surface area contributed by atoms with Crippen LogP contribution in [-0.2, 0) is 0 Å². The molecule has 98 valence electrons. The zero-order chi connectivity index (χ0) is 13.1. The van der Waals surface area contributed by atoms with E-state index in [2.05, 4.69) is 15.9 Å². The Morgan fingerprint density at radius 3 is 2.94 bits per heavy atom. The molecule has 18 heavy (non-hydrogen) atoms. The molecule has 1 aromatic carbocycles. The van der Waals surface area contributed by atoms with Gasteiger partial charge in [0.05, 0.1) is 17.1 Å². The first-order valence-electron chi connectivity index (χ1n) is 6.00. The van der Waals surface area contributed by atoms with Gasteiger partial charge in [0, 0.05) is 12.1 Å². The summed E-state index contributed by atoms with van der Waals surface area (Å²) >= 11 is 3.08. The Bertz CT molecular complexity index is 453. The number of rotatable bonds is 2. The Balaban J connectivity index is 2.21. The van der Waals surface area contributed by atoms with E-state index in [1.165, 1.54) is 18.2 Å². The average Bonchev–Trinajstić information content (AvgIpc) is 2.41. The van der Waals surface area contributed by atoms with Gasteiger partial charge in [0.15, 0.2) is 0 Å². The summed E-state index contributed by atoms with van der Waals surface area (Å²) in [5.74, 6) is -0.529. The molecule has 1 saturated heterocycles. The van der Waals surface area contributed by atoms with Crippen molar-refractivity contribution in [2.45, 2.75) is 25.3 Å². The summed E-state index contributed by atoms with van der Waals surface area (Å²) in [6.45, 7) is 0.632. The maximum absolute atomic E-state index is 13.1. The van der Waals surface area contributed by atoms with Crippen molar-refractivity contribution in [2.75, 3.05) is 13.2 Å². The van der Waals surface area contributed by atoms with Crippen LogP contribution in [0.4, 0.5) is 4.39 Å². The molecule has 1 aliphatic rings. The normalized spacial score (nSPS) is 19.9. The van der Waals surface area contributed by atoms with E-state index in [-0.39, 0.29) is 28.8 Å². The lowest BCUT2D eigenvalue weighted by Gasteiger charge is -2.34. The average molecular weight is 316 g/mol. The van der Waals surface area contributed by atoms with Gasteiger partial charge in [-0.3, -0.25) is 4.79 Å². The number of carbonyl (C=O) groups is 1. The molecule has 0 spiro atoms. The van der Waals surface area contributed by atoms with Crippen molar-refractivity contribution in [3.63, 3.8) is 0 Å². The van der Waals surface area contributed by atoms with Gasteiger partial charge in [-0.2, -0.15) is 0 Å². The summed E-state index contributed by atoms with van der Waals surface area (Å²) in [7, 11) is 0. The smallest absolute Gasteiger partial charge is 0.254 e. The molecule has 0 aliphatic carbocycles. The third-order valence-electron chi connectivity index (χ3n) is 3.27. The maximum atomic E-state index is 13.1. The topological polar surface area (TPSA) is 40.5 Å². The third kappa shape index (κ3) is 2.72. The van der Waals surface area contributed by atoms with Crippen LogP contribution < -0.4 is 0 Å². The van der Waals surface area contributed by atoms with Gasteiger partial charge in [0.1, 0.15) is 5.82 Å². The fourth-order valence-corrected chi connectivity index (χ4v) is 2.63. The zero-order valence-electron chi connectivity index (χ0n) is 9.90. The number of aliphatic hydroxyl groups excluding tert-OH is 1. The Kier molecular flexibility index (Phi) is 4.35. The van der Waals surface area contributed by atoms with Crippen molar-refractivity contribution < 1.29 is 14.3 Å². The summed E-state index contributed by atoms with van der Waals surface area (Å²) in [6.07, 6.45) is 2.80. The minimum absolute atomic E-state index is 0.0197. The van der Waals surface area contributed by atoms with Gasteiger partial charge >= 0.3 is 0 Å². The molecular weight excluding hydrogens is 301 g/mol. The molecule has 1 aliphatic heterocycles. The third-order valence-corrected chi connectivity index (χ3v) is 3.87. The minimum atomic E-state index is -0.385. The van der Waals surface area contributed by atoms with Crippen molar-refractivity contribution in [2.24, 2.45) is 0 Å². The van der Waals surface area contributed by atoms with Crippen LogP contribution in [0.5, 0.6) is 0 Å². The molecular formula is C13H15BrFNO2. The predicted octanol–water partition coefficient (Wildman–Crippen LogP) is 2.58. The van der Waals surface area contributed by atoms with Gasteiger partial charge in [-0.05, 0) is 53.4 Å². The van der Waals surface area contributed by atoms with E-state index in [1.807, 2.05) is 0 Å². The highest BCUT2D eigenvalue weighted by molar-refractivity contribution is 9.10. The molecule has 1 heterocycles. The molecule has 1 atom stereocenters. The number of aliphatic hydroxyl groups is 1. The molecule has 1 amide bonds. The highest BCUT2D eigenvalue weighted by Crippen LogP contribution is 2.22. The Morgan fingerprint density at radius 2 is 2.28 bits per heavy atom. The summed E-state index contributed by atoms with van der Waals surface area (Å²) in [6, 6.07) is 4.12. The molecule has 0 bridgehead atoms. The summed E-state index contributed by atoms with van der Waals surface area (Å²) in [5.41, 5.74) is 0.448. The molecule has 5 heteroatoms. The largest absolute Gasteiger partial charge is 0.394 e. The number of piperidine rings is 1. The van der Waals surface area contributed by atoms with Crippen LogP contribution in [0.2, 0.25) is 0 Å². The first kappa shape index (κ1) is 13.5. The number of nitrogens with zero attached hydrogens (tertiary/aromatic N) is 1. The van der Waals surface area contributed by atoms with E-state index < -0.39 is 0 Å². The Morgan fingerprint density at radius 1 is 1.50 bits per heavy atom. The van der Waals surface area contributed by atoms with Gasteiger partial charge in [0.2, 0.25) is 0 Å². The Labute approximate surface area is 114 Å². The fraction of sp³-hybridized carbons (Fsp3) is 0.462. The first-order valence-corrected chi connectivity index (χ1v) is 6.79. The lowest BCUT2D eigenvalue weighted by atomic mass is 10.0. The minimum Gasteiger partial charge on any atom is -0.394 e. The number of amides is 1. The standard InChI is InChI=1S/C13H15BrFNO2/c14-11-7-9(4-5-12(11)15)13(18)16-6-2-1-3-10(16)8-17/h4-5,7,10,17H,1-3,6,8H2. The lowest BCUT2D eigenvalue weighted by molar-refractivity contribution is 0.0503. The molecule has 0 saturated carbocycles. The summed E-state index contributed by atoms with van der Waals surface area (Å²) < 4.78 is 13.4. The number of halogens is 2. The van der Waals surface area contributed by atoms with Crippen LogP contribution in [0.3, 0.4) is 0 Å². The van der Waals surface area contributed by atoms with Gasteiger partial charge < -0.3 is 10.0 Å². The van der Waals surface area contributed by atoms with E-state index in [9.17, 15) is 14.3 Å². The van der Waals surface area contributed by atoms with Gasteiger partial charge in [-0.25, -0.2) is 4.39 Å². The van der Waals surface area contributed by atoms with Crippen LogP contribution in [0, 0.1) is 5.82 Å². The number of hydrogen-bond acceptors (Lipinski definition) is 2. The second kappa shape index (κ2) is 5.80. The molecule has 0 aromatic heterocycles. The monoisotopic (exact) mass is 315 g/mol. The van der Waals surface area contributed by atoms with Crippen LogP contribution in [0.25, 0.3) is 0 Å². The number of hydrogen-bond donors (Lipinski definition) is 1. The zero-order valence-corrected chi connectivity index (χ0v) is 11.5. The van der Waals surface area contributed by atoms with Crippen molar-refractivity contribution in [3.8, 4) is 0 Å². The van der Waals surface area contributed by atoms with Gasteiger partial charge in [0.25, 0.3) is 5.91 Å². The Hall–Kier alpha value is -0.940. The predicted molar refractivity (Wildman–Crippen MR) is 69.9 cm³/mol. The quantitative estimate of drug-likeness (QED) is 0.911. The number of carbonyl (C=O) groups excluding carboxylic acids is 1. The van der Waals surface area contributed by atoms with E-state index in [0.717, 1.165) is 19.3 Å². The highest BCUT2D eigenvalue weighted by Gasteiger charge is 2.27. The van der Waals surface area contributed by atoms with Gasteiger partial charge in [-0.15, -0.1) is 0 Å². The van der Waals surface area contributed by atoms with Crippen molar-refractivity contribution in [3.05, 3.63) is 34.1 Å². The number of likely N-dealkylation sites (tertiary alicyclic amines) is 1. The van der Waals surface area contributed by atoms with Crippen molar-refractivity contribution in [1.29, 1.82) is 0 Å². The fourth-order valence-electron chi connectivity index (χ4n) is 2.25. The summed E-state index contributed by atoms with van der Waals surface area (Å²) in [5, 5.41) is 9.29.